The first-order chi connectivity index (χ1) is 5.38. The van der Waals surface area contributed by atoms with Crippen LogP contribution < -0.4 is 0 Å². The minimum atomic E-state index is -0.205. The second-order valence-corrected chi connectivity index (χ2v) is 2.98. The molecule has 0 N–H and O–H groups in total. The molecule has 1 rings (SSSR count). The molecule has 1 unspecified atom stereocenters. The Labute approximate surface area is 67.3 Å². The predicted molar refractivity (Wildman–Crippen MR) is 42.4 cm³/mol. The summed E-state index contributed by atoms with van der Waals surface area (Å²) >= 11 is 0. The predicted octanol–water partition coefficient (Wildman–Crippen LogP) is 1.07. The van der Waals surface area contributed by atoms with Gasteiger partial charge < -0.3 is 4.74 Å². The summed E-state index contributed by atoms with van der Waals surface area (Å²) in [6.45, 7) is 2.43. The van der Waals surface area contributed by atoms with Crippen molar-refractivity contribution in [3.8, 4) is 0 Å². The highest BCUT2D eigenvalue weighted by atomic mass is 19.1. The molecule has 0 spiro atoms. The van der Waals surface area contributed by atoms with Crippen LogP contribution in [0, 0.1) is 0 Å². The van der Waals surface area contributed by atoms with Crippen LogP contribution >= 0.6 is 0 Å². The molecule has 66 valence electrons. The second-order valence-electron chi connectivity index (χ2n) is 2.98. The van der Waals surface area contributed by atoms with Gasteiger partial charge in [-0.05, 0) is 19.4 Å². The third-order valence-corrected chi connectivity index (χ3v) is 2.26. The van der Waals surface area contributed by atoms with E-state index in [1.807, 2.05) is 0 Å². The first-order valence-corrected chi connectivity index (χ1v) is 4.17. The molecule has 1 aliphatic rings. The molecule has 1 aliphatic heterocycles. The second kappa shape index (κ2) is 4.67. The lowest BCUT2D eigenvalue weighted by atomic mass is 10.2. The van der Waals surface area contributed by atoms with Crippen LogP contribution in [0.3, 0.4) is 0 Å². The van der Waals surface area contributed by atoms with Gasteiger partial charge in [0, 0.05) is 19.7 Å². The lowest BCUT2D eigenvalue weighted by Gasteiger charge is -2.20. The highest BCUT2D eigenvalue weighted by Crippen LogP contribution is 2.16. The lowest BCUT2D eigenvalue weighted by molar-refractivity contribution is 0.132. The molecular formula is C8H16FNO. The van der Waals surface area contributed by atoms with E-state index in [2.05, 4.69) is 4.90 Å². The number of hydrogen-bond acceptors (Lipinski definition) is 2. The third-order valence-electron chi connectivity index (χ3n) is 2.26. The molecular weight excluding hydrogens is 145 g/mol. The van der Waals surface area contributed by atoms with Crippen molar-refractivity contribution in [3.05, 3.63) is 0 Å². The summed E-state index contributed by atoms with van der Waals surface area (Å²) in [4.78, 5) is 2.17. The number of likely N-dealkylation sites (tertiary alicyclic amines) is 1. The summed E-state index contributed by atoms with van der Waals surface area (Å²) in [5.74, 6) is 0. The van der Waals surface area contributed by atoms with Crippen LogP contribution in [0.5, 0.6) is 0 Å². The zero-order valence-corrected chi connectivity index (χ0v) is 7.05. The average Bonchev–Trinajstić information content (AvgIpc) is 2.47. The summed E-state index contributed by atoms with van der Waals surface area (Å²) in [7, 11) is 1.68. The topological polar surface area (TPSA) is 12.5 Å². The normalized spacial score (nSPS) is 26.2. The monoisotopic (exact) mass is 161 g/mol. The van der Waals surface area contributed by atoms with Crippen LogP contribution in [0.1, 0.15) is 12.8 Å². The van der Waals surface area contributed by atoms with E-state index >= 15 is 0 Å². The maximum Gasteiger partial charge on any atom is 0.105 e. The van der Waals surface area contributed by atoms with E-state index in [0.29, 0.717) is 0 Å². The number of alkyl halides is 1. The average molecular weight is 161 g/mol. The van der Waals surface area contributed by atoms with Crippen molar-refractivity contribution in [2.24, 2.45) is 0 Å². The largest absolute Gasteiger partial charge is 0.383 e. The Balaban J connectivity index is 2.20. The van der Waals surface area contributed by atoms with Crippen LogP contribution in [0.25, 0.3) is 0 Å². The molecule has 11 heavy (non-hydrogen) atoms. The molecule has 0 bridgehead atoms. The van der Waals surface area contributed by atoms with Crippen molar-refractivity contribution >= 4 is 0 Å². The van der Waals surface area contributed by atoms with Crippen molar-refractivity contribution in [1.82, 2.24) is 4.90 Å². The summed E-state index contributed by atoms with van der Waals surface area (Å²) in [6, 6.07) is 0.171. The first kappa shape index (κ1) is 8.94. The van der Waals surface area contributed by atoms with Crippen molar-refractivity contribution in [2.75, 3.05) is 33.5 Å². The molecule has 0 aromatic heterocycles. The number of rotatable bonds is 4. The van der Waals surface area contributed by atoms with E-state index in [9.17, 15) is 4.39 Å². The fourth-order valence-electron chi connectivity index (χ4n) is 1.57. The lowest BCUT2D eigenvalue weighted by Crippen LogP contribution is -2.33. The molecule has 1 saturated heterocycles. The molecule has 0 amide bonds. The quantitative estimate of drug-likeness (QED) is 0.611. The number of halogens is 1. The Kier molecular flexibility index (Phi) is 3.80. The molecule has 3 heteroatoms. The fourth-order valence-corrected chi connectivity index (χ4v) is 1.57. The fraction of sp³-hybridized carbons (Fsp3) is 1.00. The Morgan fingerprint density at radius 3 is 3.09 bits per heavy atom. The molecule has 1 heterocycles. The van der Waals surface area contributed by atoms with Gasteiger partial charge in [0.05, 0.1) is 6.61 Å². The van der Waals surface area contributed by atoms with Crippen LogP contribution in [0.4, 0.5) is 4.39 Å². The number of methoxy groups -OCH3 is 1. The van der Waals surface area contributed by atoms with Crippen LogP contribution in [0.2, 0.25) is 0 Å². The molecule has 0 aromatic carbocycles. The highest BCUT2D eigenvalue weighted by Gasteiger charge is 2.23. The third kappa shape index (κ3) is 2.42. The smallest absolute Gasteiger partial charge is 0.105 e. The van der Waals surface area contributed by atoms with Gasteiger partial charge in [0.25, 0.3) is 0 Å². The molecule has 2 nitrogen and oxygen atoms in total. The van der Waals surface area contributed by atoms with E-state index in [1.165, 1.54) is 0 Å². The van der Waals surface area contributed by atoms with Crippen LogP contribution in [-0.4, -0.2) is 44.4 Å². The van der Waals surface area contributed by atoms with E-state index in [1.54, 1.807) is 7.11 Å². The number of ether oxygens (including phenoxy) is 1. The van der Waals surface area contributed by atoms with Gasteiger partial charge in [-0.25, -0.2) is 4.39 Å². The van der Waals surface area contributed by atoms with Gasteiger partial charge >= 0.3 is 0 Å². The van der Waals surface area contributed by atoms with E-state index < -0.39 is 0 Å². The van der Waals surface area contributed by atoms with Gasteiger partial charge in [-0.15, -0.1) is 0 Å². The zero-order chi connectivity index (χ0) is 8.10. The number of nitrogens with zero attached hydrogens (tertiary/aromatic N) is 1. The van der Waals surface area contributed by atoms with Crippen LogP contribution in [0.15, 0.2) is 0 Å². The van der Waals surface area contributed by atoms with Crippen molar-refractivity contribution in [2.45, 2.75) is 18.9 Å². The minimum Gasteiger partial charge on any atom is -0.383 e. The van der Waals surface area contributed by atoms with E-state index in [4.69, 9.17) is 4.74 Å². The summed E-state index contributed by atoms with van der Waals surface area (Å²) in [5.41, 5.74) is 0. The van der Waals surface area contributed by atoms with Crippen molar-refractivity contribution < 1.29 is 9.13 Å². The van der Waals surface area contributed by atoms with Gasteiger partial charge in [0.2, 0.25) is 0 Å². The molecule has 0 aromatic rings. The van der Waals surface area contributed by atoms with E-state index in [0.717, 1.165) is 32.5 Å². The Hall–Kier alpha value is -0.150. The van der Waals surface area contributed by atoms with Crippen molar-refractivity contribution in [3.63, 3.8) is 0 Å². The SMILES string of the molecule is COCCN1CCCC1CF. The van der Waals surface area contributed by atoms with Gasteiger partial charge in [-0.2, -0.15) is 0 Å². The van der Waals surface area contributed by atoms with E-state index in [-0.39, 0.29) is 12.7 Å². The Morgan fingerprint density at radius 1 is 1.64 bits per heavy atom. The first-order valence-electron chi connectivity index (χ1n) is 4.17. The summed E-state index contributed by atoms with van der Waals surface area (Å²) < 4.78 is 17.2. The maximum atomic E-state index is 12.3. The molecule has 0 radical (unpaired) electrons. The van der Waals surface area contributed by atoms with Gasteiger partial charge in [-0.3, -0.25) is 4.90 Å². The van der Waals surface area contributed by atoms with Crippen molar-refractivity contribution in [1.29, 1.82) is 0 Å². The molecule has 0 aliphatic carbocycles. The maximum absolute atomic E-state index is 12.3. The number of hydrogen-bond donors (Lipinski definition) is 0. The summed E-state index contributed by atoms with van der Waals surface area (Å²) in [5, 5.41) is 0. The van der Waals surface area contributed by atoms with Gasteiger partial charge in [0.1, 0.15) is 6.67 Å². The van der Waals surface area contributed by atoms with Crippen LogP contribution in [-0.2, 0) is 4.74 Å². The van der Waals surface area contributed by atoms with Gasteiger partial charge in [0.15, 0.2) is 0 Å². The Bertz CT molecular complexity index is 110. The Morgan fingerprint density at radius 2 is 2.45 bits per heavy atom. The molecule has 1 fully saturated rings. The van der Waals surface area contributed by atoms with Gasteiger partial charge in [-0.1, -0.05) is 0 Å². The highest BCUT2D eigenvalue weighted by molar-refractivity contribution is 4.77. The standard InChI is InChI=1S/C8H16FNO/c1-11-6-5-10-4-2-3-8(10)7-9/h8H,2-7H2,1H3. The molecule has 0 saturated carbocycles. The zero-order valence-electron chi connectivity index (χ0n) is 7.05. The minimum absolute atomic E-state index is 0.171. The summed E-state index contributed by atoms with van der Waals surface area (Å²) in [6.07, 6.45) is 2.15. The molecule has 1 atom stereocenters.